The molecule has 0 bridgehead atoms. The van der Waals surface area contributed by atoms with Crippen molar-refractivity contribution in [2.45, 2.75) is 38.1 Å². The molecule has 0 radical (unpaired) electrons. The molecule has 0 atom stereocenters. The number of pyridine rings is 1. The third-order valence-electron chi connectivity index (χ3n) is 6.24. The minimum atomic E-state index is -1.24. The number of hydrogen-bond acceptors (Lipinski definition) is 7. The number of imidazole rings is 1. The third-order valence-corrected chi connectivity index (χ3v) is 6.24. The maximum absolute atomic E-state index is 11.3. The smallest absolute Gasteiger partial charge is 0.339 e. The van der Waals surface area contributed by atoms with Crippen molar-refractivity contribution in [3.63, 3.8) is 0 Å². The van der Waals surface area contributed by atoms with Gasteiger partial charge in [-0.3, -0.25) is 0 Å². The molecule has 1 fully saturated rings. The van der Waals surface area contributed by atoms with Gasteiger partial charge in [0, 0.05) is 24.0 Å². The van der Waals surface area contributed by atoms with Crippen LogP contribution >= 0.6 is 0 Å². The molecule has 33 heavy (non-hydrogen) atoms. The second-order valence-electron chi connectivity index (χ2n) is 8.26. The van der Waals surface area contributed by atoms with Crippen molar-refractivity contribution < 1.29 is 15.0 Å². The zero-order chi connectivity index (χ0) is 22.9. The van der Waals surface area contributed by atoms with Crippen LogP contribution in [0.15, 0.2) is 46.9 Å². The maximum atomic E-state index is 11.3. The van der Waals surface area contributed by atoms with E-state index in [9.17, 15) is 15.0 Å². The number of phenols is 1. The van der Waals surface area contributed by atoms with Crippen LogP contribution in [0.25, 0.3) is 22.1 Å². The Kier molecular flexibility index (Phi) is 5.22. The average Bonchev–Trinajstić information content (AvgIpc) is 3.43. The quantitative estimate of drug-likeness (QED) is 0.352. The number of fused-ring (bicyclic) bond motifs is 3. The molecule has 1 aromatic carbocycles. The van der Waals surface area contributed by atoms with Gasteiger partial charge >= 0.3 is 5.97 Å². The van der Waals surface area contributed by atoms with Gasteiger partial charge in [-0.15, -0.1) is 10.2 Å². The molecule has 5 rings (SSSR count). The number of aromatic nitrogens is 4. The molecule has 1 saturated carbocycles. The highest BCUT2D eigenvalue weighted by Crippen LogP contribution is 2.40. The fourth-order valence-electron chi connectivity index (χ4n) is 4.59. The first kappa shape index (κ1) is 20.6. The van der Waals surface area contributed by atoms with Crippen LogP contribution in [0.5, 0.6) is 5.75 Å². The van der Waals surface area contributed by atoms with Gasteiger partial charge in [-0.25, -0.2) is 14.8 Å². The lowest BCUT2D eigenvalue weighted by Gasteiger charge is -2.29. The summed E-state index contributed by atoms with van der Waals surface area (Å²) in [5.74, 6) is -0.753. The molecule has 10 heteroatoms. The standard InChI is InChI=1S/C23H21N7O3/c24-9-7-13-1-4-15(5-2-13)30-20-16-8-10-25-21(16)26-12-18(20)27-23(30)29-28-14-3-6-19(31)17(11-14)22(32)33/h3,6,8,10-13,15,31H,1-2,4-5,7H2,(H,25,26)(H,32,33). The van der Waals surface area contributed by atoms with Crippen molar-refractivity contribution in [1.29, 1.82) is 5.26 Å². The topological polar surface area (TPSA) is 153 Å². The fourth-order valence-corrected chi connectivity index (χ4v) is 4.59. The van der Waals surface area contributed by atoms with Crippen molar-refractivity contribution in [1.82, 2.24) is 19.5 Å². The van der Waals surface area contributed by atoms with Crippen molar-refractivity contribution in [3.8, 4) is 11.8 Å². The summed E-state index contributed by atoms with van der Waals surface area (Å²) < 4.78 is 2.10. The second kappa shape index (κ2) is 8.35. The van der Waals surface area contributed by atoms with E-state index in [1.165, 1.54) is 18.2 Å². The lowest BCUT2D eigenvalue weighted by molar-refractivity contribution is 0.0693. The number of nitrogens with zero attached hydrogens (tertiary/aromatic N) is 6. The number of aromatic hydroxyl groups is 1. The SMILES string of the molecule is N#CCC1CCC(n2c(N=Nc3ccc(O)c(C(=O)O)c3)nc3cnc4[nH]ccc4c32)CC1. The first-order chi connectivity index (χ1) is 16.0. The number of aromatic amines is 1. The zero-order valence-electron chi connectivity index (χ0n) is 17.6. The number of H-pyrrole nitrogens is 1. The number of carboxylic acid groups (broad SMARTS) is 1. The van der Waals surface area contributed by atoms with Crippen LogP contribution in [0, 0.1) is 17.2 Å². The van der Waals surface area contributed by atoms with Crippen LogP contribution in [0.2, 0.25) is 0 Å². The van der Waals surface area contributed by atoms with Crippen molar-refractivity contribution in [2.24, 2.45) is 16.1 Å². The van der Waals surface area contributed by atoms with Gasteiger partial charge in [-0.2, -0.15) is 5.26 Å². The molecular formula is C23H21N7O3. The van der Waals surface area contributed by atoms with E-state index in [1.807, 2.05) is 12.3 Å². The predicted molar refractivity (Wildman–Crippen MR) is 120 cm³/mol. The molecule has 166 valence electrons. The minimum Gasteiger partial charge on any atom is -0.507 e. The van der Waals surface area contributed by atoms with Crippen molar-refractivity contribution in [2.75, 3.05) is 0 Å². The molecule has 0 aliphatic heterocycles. The highest BCUT2D eigenvalue weighted by molar-refractivity contribution is 6.02. The number of nitrogens with one attached hydrogen (secondary N) is 1. The monoisotopic (exact) mass is 443 g/mol. The van der Waals surface area contributed by atoms with E-state index in [2.05, 4.69) is 35.8 Å². The zero-order valence-corrected chi connectivity index (χ0v) is 17.6. The summed E-state index contributed by atoms with van der Waals surface area (Å²) in [6.07, 6.45) is 7.82. The van der Waals surface area contributed by atoms with Crippen LogP contribution in [-0.4, -0.2) is 35.7 Å². The summed E-state index contributed by atoms with van der Waals surface area (Å²) in [5.41, 5.74) is 2.44. The maximum Gasteiger partial charge on any atom is 0.339 e. The largest absolute Gasteiger partial charge is 0.507 e. The van der Waals surface area contributed by atoms with Crippen LogP contribution < -0.4 is 0 Å². The van der Waals surface area contributed by atoms with E-state index >= 15 is 0 Å². The van der Waals surface area contributed by atoms with E-state index in [4.69, 9.17) is 5.26 Å². The van der Waals surface area contributed by atoms with Crippen LogP contribution in [0.4, 0.5) is 11.6 Å². The first-order valence-corrected chi connectivity index (χ1v) is 10.7. The molecule has 4 aromatic rings. The molecule has 3 heterocycles. The highest BCUT2D eigenvalue weighted by Gasteiger charge is 2.27. The second-order valence-corrected chi connectivity index (χ2v) is 8.26. The van der Waals surface area contributed by atoms with Gasteiger partial charge in [0.2, 0.25) is 0 Å². The summed E-state index contributed by atoms with van der Waals surface area (Å²) in [4.78, 5) is 23.6. The van der Waals surface area contributed by atoms with Gasteiger partial charge < -0.3 is 19.8 Å². The lowest BCUT2D eigenvalue weighted by atomic mass is 9.84. The van der Waals surface area contributed by atoms with Crippen molar-refractivity contribution >= 4 is 39.7 Å². The number of nitriles is 1. The van der Waals surface area contributed by atoms with Gasteiger partial charge in [-0.05, 0) is 55.9 Å². The molecule has 0 spiro atoms. The molecule has 0 amide bonds. The summed E-state index contributed by atoms with van der Waals surface area (Å²) in [6.45, 7) is 0. The van der Waals surface area contributed by atoms with Crippen LogP contribution in [0.3, 0.4) is 0 Å². The fraction of sp³-hybridized carbons (Fsp3) is 0.304. The number of benzene rings is 1. The molecule has 10 nitrogen and oxygen atoms in total. The van der Waals surface area contributed by atoms with E-state index in [1.54, 1.807) is 6.20 Å². The Hall–Kier alpha value is -4.26. The molecule has 3 N–H and O–H groups in total. The van der Waals surface area contributed by atoms with Crippen LogP contribution in [0.1, 0.15) is 48.5 Å². The Morgan fingerprint density at radius 2 is 2.06 bits per heavy atom. The molecule has 0 unspecified atom stereocenters. The Labute approximate surface area is 188 Å². The van der Waals surface area contributed by atoms with Gasteiger partial charge in [-0.1, -0.05) is 0 Å². The summed E-state index contributed by atoms with van der Waals surface area (Å²) >= 11 is 0. The Morgan fingerprint density at radius 3 is 2.82 bits per heavy atom. The lowest BCUT2D eigenvalue weighted by Crippen LogP contribution is -2.18. The predicted octanol–water partition coefficient (Wildman–Crippen LogP) is 5.38. The molecule has 0 saturated heterocycles. The molecule has 1 aliphatic rings. The summed E-state index contributed by atoms with van der Waals surface area (Å²) in [7, 11) is 0. The van der Waals surface area contributed by atoms with Gasteiger partial charge in [0.05, 0.1) is 23.5 Å². The normalized spacial score (nSPS) is 18.8. The van der Waals surface area contributed by atoms with E-state index in [0.717, 1.165) is 42.2 Å². The van der Waals surface area contributed by atoms with E-state index in [-0.39, 0.29) is 17.4 Å². The number of carboxylic acids is 1. The minimum absolute atomic E-state index is 0.147. The summed E-state index contributed by atoms with van der Waals surface area (Å²) in [6, 6.07) is 8.44. The highest BCUT2D eigenvalue weighted by atomic mass is 16.4. The first-order valence-electron chi connectivity index (χ1n) is 10.7. The van der Waals surface area contributed by atoms with E-state index < -0.39 is 5.97 Å². The number of hydrogen-bond donors (Lipinski definition) is 3. The number of rotatable bonds is 5. The molecular weight excluding hydrogens is 422 g/mol. The van der Waals surface area contributed by atoms with Gasteiger partial charge in [0.25, 0.3) is 5.95 Å². The average molecular weight is 443 g/mol. The molecule has 1 aliphatic carbocycles. The van der Waals surface area contributed by atoms with E-state index in [0.29, 0.717) is 29.5 Å². The Bertz CT molecular complexity index is 1420. The molecule has 3 aromatic heterocycles. The number of carbonyl (C=O) groups is 1. The van der Waals surface area contributed by atoms with Gasteiger partial charge in [0.1, 0.15) is 22.5 Å². The van der Waals surface area contributed by atoms with Crippen molar-refractivity contribution in [3.05, 3.63) is 42.2 Å². The third kappa shape index (κ3) is 3.78. The number of azo groups is 1. The van der Waals surface area contributed by atoms with Crippen LogP contribution in [-0.2, 0) is 0 Å². The Balaban J connectivity index is 1.58. The summed E-state index contributed by atoms with van der Waals surface area (Å²) in [5, 5.41) is 37.6. The Morgan fingerprint density at radius 1 is 1.24 bits per heavy atom. The number of aromatic carboxylic acids is 1. The van der Waals surface area contributed by atoms with Gasteiger partial charge in [0.15, 0.2) is 0 Å².